The van der Waals surface area contributed by atoms with Crippen molar-refractivity contribution in [2.24, 2.45) is 5.73 Å². The van der Waals surface area contributed by atoms with Crippen LogP contribution in [0, 0.1) is 0 Å². The van der Waals surface area contributed by atoms with Gasteiger partial charge in [-0.3, -0.25) is 0 Å². The Hall–Kier alpha value is -0.820. The molecule has 0 amide bonds. The second-order valence-corrected chi connectivity index (χ2v) is 4.10. The predicted octanol–water partition coefficient (Wildman–Crippen LogP) is 1.52. The first-order valence-electron chi connectivity index (χ1n) is 5.23. The maximum Gasteiger partial charge on any atom is 0.255 e. The minimum absolute atomic E-state index is 0.329. The van der Waals surface area contributed by atoms with Gasteiger partial charge >= 0.3 is 0 Å². The summed E-state index contributed by atoms with van der Waals surface area (Å²) in [6.07, 6.45) is -0.658. The number of aryl methyl sites for hydroxylation is 1. The molecule has 7 heteroatoms. The van der Waals surface area contributed by atoms with Crippen molar-refractivity contribution in [1.29, 1.82) is 0 Å². The number of aromatic nitrogens is 2. The van der Waals surface area contributed by atoms with E-state index in [0.29, 0.717) is 18.2 Å². The highest BCUT2D eigenvalue weighted by atomic mass is 32.1. The topological polar surface area (TPSA) is 55.0 Å². The summed E-state index contributed by atoms with van der Waals surface area (Å²) in [7, 11) is 0. The first-order valence-corrected chi connectivity index (χ1v) is 6.00. The van der Waals surface area contributed by atoms with Gasteiger partial charge in [0.2, 0.25) is 5.13 Å². The summed E-state index contributed by atoms with van der Waals surface area (Å²) in [5.41, 5.74) is 5.38. The fourth-order valence-corrected chi connectivity index (χ4v) is 2.03. The van der Waals surface area contributed by atoms with Crippen LogP contribution in [-0.4, -0.2) is 35.4 Å². The standard InChI is InChI=1S/C9H16F2N4S/c1-2-3-8-13-9(16-14-8)15(5-4-12)6-7(10)11/h7H,2-6,12H2,1H3. The van der Waals surface area contributed by atoms with Gasteiger partial charge in [-0.2, -0.15) is 4.37 Å². The molecule has 0 fully saturated rings. The SMILES string of the molecule is CCCc1nsc(N(CCN)CC(F)F)n1. The Bertz CT molecular complexity index is 305. The molecule has 1 rings (SSSR count). The van der Waals surface area contributed by atoms with Crippen LogP contribution >= 0.6 is 11.5 Å². The number of hydrogen-bond acceptors (Lipinski definition) is 5. The Kier molecular flexibility index (Phi) is 5.54. The second kappa shape index (κ2) is 6.70. The van der Waals surface area contributed by atoms with Crippen molar-refractivity contribution in [1.82, 2.24) is 9.36 Å². The van der Waals surface area contributed by atoms with E-state index >= 15 is 0 Å². The Morgan fingerprint density at radius 3 is 2.81 bits per heavy atom. The Labute approximate surface area is 97.6 Å². The Balaban J connectivity index is 2.67. The summed E-state index contributed by atoms with van der Waals surface area (Å²) >= 11 is 1.16. The summed E-state index contributed by atoms with van der Waals surface area (Å²) in [5.74, 6) is 0.721. The molecular weight excluding hydrogens is 234 g/mol. The van der Waals surface area contributed by atoms with Crippen molar-refractivity contribution in [2.75, 3.05) is 24.5 Å². The zero-order valence-corrected chi connectivity index (χ0v) is 10.0. The highest BCUT2D eigenvalue weighted by Gasteiger charge is 2.16. The van der Waals surface area contributed by atoms with E-state index in [4.69, 9.17) is 5.73 Å². The third kappa shape index (κ3) is 3.97. The van der Waals surface area contributed by atoms with Gasteiger partial charge in [0.05, 0.1) is 6.54 Å². The molecule has 0 aromatic carbocycles. The van der Waals surface area contributed by atoms with Crippen LogP contribution in [0.2, 0.25) is 0 Å². The van der Waals surface area contributed by atoms with Gasteiger partial charge in [0.25, 0.3) is 6.43 Å². The normalized spacial score (nSPS) is 11.1. The number of alkyl halides is 2. The average Bonchev–Trinajstić information content (AvgIpc) is 2.66. The summed E-state index contributed by atoms with van der Waals surface area (Å²) in [5, 5.41) is 0.536. The molecule has 0 aliphatic carbocycles. The van der Waals surface area contributed by atoms with Crippen molar-refractivity contribution in [3.05, 3.63) is 5.82 Å². The molecule has 0 aliphatic rings. The average molecular weight is 250 g/mol. The van der Waals surface area contributed by atoms with Crippen molar-refractivity contribution in [2.45, 2.75) is 26.2 Å². The van der Waals surface area contributed by atoms with Crippen LogP contribution in [0.1, 0.15) is 19.2 Å². The van der Waals surface area contributed by atoms with Crippen LogP contribution < -0.4 is 10.6 Å². The van der Waals surface area contributed by atoms with Gasteiger partial charge in [-0.05, 0) is 6.42 Å². The molecule has 0 radical (unpaired) electrons. The van der Waals surface area contributed by atoms with Crippen molar-refractivity contribution in [3.63, 3.8) is 0 Å². The minimum atomic E-state index is -2.38. The van der Waals surface area contributed by atoms with Crippen molar-refractivity contribution >= 4 is 16.7 Å². The lowest BCUT2D eigenvalue weighted by molar-refractivity contribution is 0.155. The van der Waals surface area contributed by atoms with Gasteiger partial charge in [-0.1, -0.05) is 6.92 Å². The van der Waals surface area contributed by atoms with Crippen molar-refractivity contribution in [3.8, 4) is 0 Å². The molecular formula is C9H16F2N4S. The second-order valence-electron chi connectivity index (χ2n) is 3.37. The van der Waals surface area contributed by atoms with E-state index in [0.717, 1.165) is 30.2 Å². The monoisotopic (exact) mass is 250 g/mol. The molecule has 16 heavy (non-hydrogen) atoms. The molecule has 0 unspecified atom stereocenters. The van der Waals surface area contributed by atoms with Gasteiger partial charge in [0.1, 0.15) is 5.82 Å². The Morgan fingerprint density at radius 1 is 1.50 bits per heavy atom. The largest absolute Gasteiger partial charge is 0.340 e. The van der Waals surface area contributed by atoms with Gasteiger partial charge in [-0.25, -0.2) is 13.8 Å². The van der Waals surface area contributed by atoms with E-state index in [-0.39, 0.29) is 6.54 Å². The molecule has 0 spiro atoms. The fourth-order valence-electron chi connectivity index (χ4n) is 1.29. The maximum absolute atomic E-state index is 12.3. The lowest BCUT2D eigenvalue weighted by Gasteiger charge is -2.19. The number of nitrogens with two attached hydrogens (primary N) is 1. The van der Waals surface area contributed by atoms with Crippen LogP contribution in [0.4, 0.5) is 13.9 Å². The number of anilines is 1. The van der Waals surface area contributed by atoms with Gasteiger partial charge in [-0.15, -0.1) is 0 Å². The van der Waals surface area contributed by atoms with Crippen LogP contribution in [0.5, 0.6) is 0 Å². The molecule has 1 aromatic heterocycles. The smallest absolute Gasteiger partial charge is 0.255 e. The van der Waals surface area contributed by atoms with E-state index in [9.17, 15) is 8.78 Å². The third-order valence-electron chi connectivity index (χ3n) is 1.96. The van der Waals surface area contributed by atoms with E-state index < -0.39 is 6.43 Å². The van der Waals surface area contributed by atoms with Crippen molar-refractivity contribution < 1.29 is 8.78 Å². The van der Waals surface area contributed by atoms with Crippen LogP contribution in [-0.2, 0) is 6.42 Å². The Morgan fingerprint density at radius 2 is 2.25 bits per heavy atom. The van der Waals surface area contributed by atoms with Gasteiger partial charge < -0.3 is 10.6 Å². The number of halogens is 2. The molecule has 0 aliphatic heterocycles. The van der Waals surface area contributed by atoms with E-state index in [1.165, 1.54) is 4.90 Å². The maximum atomic E-state index is 12.3. The molecule has 4 nitrogen and oxygen atoms in total. The number of nitrogens with zero attached hydrogens (tertiary/aromatic N) is 3. The molecule has 0 saturated carbocycles. The minimum Gasteiger partial charge on any atom is -0.340 e. The molecule has 92 valence electrons. The lowest BCUT2D eigenvalue weighted by atomic mass is 10.3. The van der Waals surface area contributed by atoms with Crippen LogP contribution in [0.15, 0.2) is 0 Å². The third-order valence-corrected chi connectivity index (χ3v) is 2.77. The molecule has 0 bridgehead atoms. The molecule has 1 heterocycles. The molecule has 1 aromatic rings. The molecule has 2 N–H and O–H groups in total. The van der Waals surface area contributed by atoms with Gasteiger partial charge in [0.15, 0.2) is 0 Å². The van der Waals surface area contributed by atoms with E-state index in [2.05, 4.69) is 9.36 Å². The predicted molar refractivity (Wildman–Crippen MR) is 61.2 cm³/mol. The van der Waals surface area contributed by atoms with Crippen LogP contribution in [0.3, 0.4) is 0 Å². The number of rotatable bonds is 7. The molecule has 0 saturated heterocycles. The fraction of sp³-hybridized carbons (Fsp3) is 0.778. The molecule has 0 atom stereocenters. The first kappa shape index (κ1) is 13.2. The summed E-state index contributed by atoms with van der Waals surface area (Å²) in [4.78, 5) is 5.70. The van der Waals surface area contributed by atoms with E-state index in [1.807, 2.05) is 6.92 Å². The lowest BCUT2D eigenvalue weighted by Crippen LogP contribution is -2.33. The highest BCUT2D eigenvalue weighted by molar-refractivity contribution is 7.09. The van der Waals surface area contributed by atoms with Gasteiger partial charge in [0, 0.05) is 31.0 Å². The zero-order valence-electron chi connectivity index (χ0n) is 9.20. The summed E-state index contributed by atoms with van der Waals surface area (Å²) < 4.78 is 28.8. The summed E-state index contributed by atoms with van der Waals surface area (Å²) in [6, 6.07) is 0. The number of hydrogen-bond donors (Lipinski definition) is 1. The zero-order chi connectivity index (χ0) is 12.0. The quantitative estimate of drug-likeness (QED) is 0.797. The summed E-state index contributed by atoms with van der Waals surface area (Å²) in [6.45, 7) is 2.40. The van der Waals surface area contributed by atoms with E-state index in [1.54, 1.807) is 0 Å². The first-order chi connectivity index (χ1) is 7.67. The highest BCUT2D eigenvalue weighted by Crippen LogP contribution is 2.18. The van der Waals surface area contributed by atoms with Crippen LogP contribution in [0.25, 0.3) is 0 Å².